The zero-order valence-electron chi connectivity index (χ0n) is 35.0. The van der Waals surface area contributed by atoms with Gasteiger partial charge in [0, 0.05) is 11.4 Å². The number of hydrogen-bond acceptors (Lipinski definition) is 3. The molecule has 302 valence electrons. The van der Waals surface area contributed by atoms with Crippen LogP contribution in [0.3, 0.4) is 0 Å². The van der Waals surface area contributed by atoms with Crippen LogP contribution in [0.4, 0.5) is 17.1 Å². The summed E-state index contributed by atoms with van der Waals surface area (Å²) in [5, 5.41) is 0. The molecule has 3 heteroatoms. The fraction of sp³-hybridized carbons (Fsp3) is 0.0492. The fourth-order valence-corrected chi connectivity index (χ4v) is 10.7. The molecule has 64 heavy (non-hydrogen) atoms. The first-order valence-electron chi connectivity index (χ1n) is 22.2. The second-order valence-corrected chi connectivity index (χ2v) is 17.1. The molecule has 13 rings (SSSR count). The van der Waals surface area contributed by atoms with E-state index in [4.69, 9.17) is 9.47 Å². The predicted molar refractivity (Wildman–Crippen MR) is 261 cm³/mol. The molecule has 0 bridgehead atoms. The number of allylic oxidation sites excluding steroid dienone is 4. The summed E-state index contributed by atoms with van der Waals surface area (Å²) in [6.45, 7) is 0. The van der Waals surface area contributed by atoms with Crippen LogP contribution in [-0.4, -0.2) is 0 Å². The summed E-state index contributed by atoms with van der Waals surface area (Å²) in [4.78, 5) is 2.30. The Labute approximate surface area is 373 Å². The summed E-state index contributed by atoms with van der Waals surface area (Å²) in [7, 11) is 0. The molecule has 0 atom stereocenters. The van der Waals surface area contributed by atoms with Crippen LogP contribution in [0.2, 0.25) is 0 Å². The van der Waals surface area contributed by atoms with Gasteiger partial charge >= 0.3 is 0 Å². The van der Waals surface area contributed by atoms with Gasteiger partial charge < -0.3 is 14.4 Å². The van der Waals surface area contributed by atoms with Crippen LogP contribution >= 0.6 is 0 Å². The summed E-state index contributed by atoms with van der Waals surface area (Å²) in [5.41, 5.74) is 19.6. The van der Waals surface area contributed by atoms with E-state index in [1.807, 2.05) is 6.07 Å². The topological polar surface area (TPSA) is 21.7 Å². The monoisotopic (exact) mass is 819 g/mol. The van der Waals surface area contributed by atoms with Crippen LogP contribution < -0.4 is 14.4 Å². The van der Waals surface area contributed by atoms with Crippen molar-refractivity contribution in [3.05, 3.63) is 252 Å². The molecule has 3 nitrogen and oxygen atoms in total. The number of nitrogens with zero attached hydrogens (tertiary/aromatic N) is 1. The average molecular weight is 820 g/mol. The summed E-state index contributed by atoms with van der Waals surface area (Å²) in [5.74, 6) is 2.75. The lowest BCUT2D eigenvalue weighted by molar-refractivity contribution is 0.360. The standard InChI is InChI=1S/C61H41NO2/c1-3-16-40(17-4-1)42-32-34-46(35-33-42)62(47-23-14-22-45(37-47)44-21-13-20-43(36-44)41-18-5-2-6-19-41)56-30-15-31-57-60(56)64-58-38-51-50-26-9-12-29-54(50)61(55(51)39-59(58)63-57)52-27-10-7-24-48(52)49-25-8-11-28-53(49)61/h2-3,5-39H,1,4H2. The van der Waals surface area contributed by atoms with Crippen LogP contribution in [0, 0.1) is 0 Å². The molecule has 0 aromatic heterocycles. The third-order valence-electron chi connectivity index (χ3n) is 13.6. The molecular weight excluding hydrogens is 779 g/mol. The molecule has 0 N–H and O–H groups in total. The Morgan fingerprint density at radius 1 is 0.375 bits per heavy atom. The van der Waals surface area contributed by atoms with Gasteiger partial charge in [-0.3, -0.25) is 0 Å². The van der Waals surface area contributed by atoms with Crippen molar-refractivity contribution in [1.82, 2.24) is 0 Å². The number of fused-ring (bicyclic) bond motifs is 12. The molecule has 4 aliphatic rings. The highest BCUT2D eigenvalue weighted by molar-refractivity contribution is 5.96. The molecule has 0 amide bonds. The van der Waals surface area contributed by atoms with Crippen LogP contribution in [0.15, 0.2) is 224 Å². The Kier molecular flexibility index (Phi) is 8.26. The Morgan fingerprint density at radius 3 is 1.67 bits per heavy atom. The maximum atomic E-state index is 7.18. The minimum atomic E-state index is -0.475. The van der Waals surface area contributed by atoms with Crippen molar-refractivity contribution in [3.63, 3.8) is 0 Å². The number of anilines is 3. The highest BCUT2D eigenvalue weighted by Gasteiger charge is 2.52. The van der Waals surface area contributed by atoms with E-state index in [9.17, 15) is 0 Å². The number of rotatable bonds is 6. The molecule has 0 unspecified atom stereocenters. The lowest BCUT2D eigenvalue weighted by Crippen LogP contribution is -2.25. The van der Waals surface area contributed by atoms with Crippen molar-refractivity contribution in [2.45, 2.75) is 18.3 Å². The van der Waals surface area contributed by atoms with Crippen molar-refractivity contribution >= 4 is 22.6 Å². The van der Waals surface area contributed by atoms with Gasteiger partial charge in [0.05, 0.1) is 11.1 Å². The van der Waals surface area contributed by atoms with Gasteiger partial charge in [0.1, 0.15) is 0 Å². The molecule has 1 aliphatic heterocycles. The van der Waals surface area contributed by atoms with E-state index in [0.29, 0.717) is 23.0 Å². The normalized spacial score (nSPS) is 14.2. The van der Waals surface area contributed by atoms with Crippen LogP contribution in [0.1, 0.15) is 40.7 Å². The van der Waals surface area contributed by atoms with Gasteiger partial charge in [-0.25, -0.2) is 0 Å². The lowest BCUT2D eigenvalue weighted by atomic mass is 9.70. The predicted octanol–water partition coefficient (Wildman–Crippen LogP) is 16.5. The number of para-hydroxylation sites is 1. The fourth-order valence-electron chi connectivity index (χ4n) is 10.7. The zero-order chi connectivity index (χ0) is 42.2. The first kappa shape index (κ1) is 36.5. The molecule has 0 fully saturated rings. The smallest absolute Gasteiger partial charge is 0.194 e. The first-order valence-corrected chi connectivity index (χ1v) is 22.2. The molecule has 1 spiro atoms. The molecule has 1 heterocycles. The van der Waals surface area contributed by atoms with E-state index < -0.39 is 5.41 Å². The highest BCUT2D eigenvalue weighted by atomic mass is 16.6. The maximum Gasteiger partial charge on any atom is 0.194 e. The van der Waals surface area contributed by atoms with Gasteiger partial charge in [-0.2, -0.15) is 0 Å². The van der Waals surface area contributed by atoms with E-state index in [-0.39, 0.29) is 0 Å². The SMILES string of the molecule is C1=CC(c2ccc(N(c3cccc(-c4cccc(-c5ccccc5)c4)c3)c3cccc4c3Oc3cc5c(cc3O4)C3(c4ccccc4-c4ccccc43)c3ccccc3-5)cc2)=CCC1. The third-order valence-corrected chi connectivity index (χ3v) is 13.6. The number of ether oxygens (including phenoxy) is 2. The van der Waals surface area contributed by atoms with Crippen molar-refractivity contribution in [1.29, 1.82) is 0 Å². The minimum absolute atomic E-state index is 0.475. The van der Waals surface area contributed by atoms with Crippen molar-refractivity contribution in [2.24, 2.45) is 0 Å². The van der Waals surface area contributed by atoms with E-state index >= 15 is 0 Å². The second kappa shape index (κ2) is 14.5. The lowest BCUT2D eigenvalue weighted by Gasteiger charge is -2.32. The second-order valence-electron chi connectivity index (χ2n) is 17.1. The third kappa shape index (κ3) is 5.54. The zero-order valence-corrected chi connectivity index (χ0v) is 35.0. The Morgan fingerprint density at radius 2 is 0.969 bits per heavy atom. The van der Waals surface area contributed by atoms with Crippen LogP contribution in [-0.2, 0) is 5.41 Å². The van der Waals surface area contributed by atoms with E-state index in [1.165, 1.54) is 61.2 Å². The molecule has 3 aliphatic carbocycles. The van der Waals surface area contributed by atoms with Gasteiger partial charge in [-0.05, 0) is 145 Å². The van der Waals surface area contributed by atoms with Crippen LogP contribution in [0.25, 0.3) is 50.1 Å². The van der Waals surface area contributed by atoms with E-state index in [0.717, 1.165) is 46.6 Å². The summed E-state index contributed by atoms with van der Waals surface area (Å²) >= 11 is 0. The summed E-state index contributed by atoms with van der Waals surface area (Å²) < 4.78 is 14.2. The van der Waals surface area contributed by atoms with Crippen LogP contribution in [0.5, 0.6) is 23.0 Å². The number of hydrogen-bond donors (Lipinski definition) is 0. The van der Waals surface area contributed by atoms with Gasteiger partial charge in [0.15, 0.2) is 23.0 Å². The quantitative estimate of drug-likeness (QED) is 0.167. The van der Waals surface area contributed by atoms with Crippen molar-refractivity contribution in [2.75, 3.05) is 4.90 Å². The first-order chi connectivity index (χ1) is 31.7. The highest BCUT2D eigenvalue weighted by Crippen LogP contribution is 2.65. The molecule has 0 radical (unpaired) electrons. The largest absolute Gasteiger partial charge is 0.449 e. The summed E-state index contributed by atoms with van der Waals surface area (Å²) in [6.07, 6.45) is 8.97. The van der Waals surface area contributed by atoms with Gasteiger partial charge in [0.25, 0.3) is 0 Å². The van der Waals surface area contributed by atoms with Crippen molar-refractivity contribution in [3.8, 4) is 67.5 Å². The summed E-state index contributed by atoms with van der Waals surface area (Å²) in [6, 6.07) is 74.4. The van der Waals surface area contributed by atoms with E-state index in [1.54, 1.807) is 0 Å². The maximum absolute atomic E-state index is 7.18. The molecule has 0 saturated heterocycles. The van der Waals surface area contributed by atoms with Gasteiger partial charge in [-0.15, -0.1) is 0 Å². The Balaban J connectivity index is 0.949. The Hall–Kier alpha value is -8.14. The van der Waals surface area contributed by atoms with Crippen molar-refractivity contribution < 1.29 is 9.47 Å². The minimum Gasteiger partial charge on any atom is -0.449 e. The Bertz CT molecular complexity index is 3350. The molecule has 9 aromatic carbocycles. The molecule has 9 aromatic rings. The van der Waals surface area contributed by atoms with E-state index in [2.05, 4.69) is 223 Å². The van der Waals surface area contributed by atoms with Gasteiger partial charge in [0.2, 0.25) is 0 Å². The molecular formula is C61H41NO2. The number of benzene rings is 9. The average Bonchev–Trinajstić information content (AvgIpc) is 3.83. The van der Waals surface area contributed by atoms with Gasteiger partial charge in [-0.1, -0.05) is 170 Å². The molecule has 0 saturated carbocycles.